The molecule has 0 aliphatic rings. The molecular weight excluding hydrogens is 360 g/mol. The second kappa shape index (κ2) is 7.34. The average Bonchev–Trinajstić information content (AvgIpc) is 2.43. The lowest BCUT2D eigenvalue weighted by molar-refractivity contribution is 0.507. The third kappa shape index (κ3) is 4.02. The summed E-state index contributed by atoms with van der Waals surface area (Å²) in [5.41, 5.74) is 1.42. The third-order valence-electron chi connectivity index (χ3n) is 3.22. The van der Waals surface area contributed by atoms with E-state index in [4.69, 9.17) is 11.6 Å². The van der Waals surface area contributed by atoms with Gasteiger partial charge in [0.2, 0.25) is 0 Å². The summed E-state index contributed by atoms with van der Waals surface area (Å²) < 4.78 is 28.0. The normalized spacial score (nSPS) is 12.4. The summed E-state index contributed by atoms with van der Waals surface area (Å²) in [5, 5.41) is 3.34. The van der Waals surface area contributed by atoms with E-state index in [9.17, 15) is 8.78 Å². The summed E-state index contributed by atoms with van der Waals surface area (Å²) in [4.78, 5) is 0. The van der Waals surface area contributed by atoms with Crippen LogP contribution in [0, 0.1) is 11.6 Å². The van der Waals surface area contributed by atoms with Crippen molar-refractivity contribution in [1.29, 1.82) is 0 Å². The molecule has 0 bridgehead atoms. The molecule has 21 heavy (non-hydrogen) atoms. The maximum absolute atomic E-state index is 14.1. The lowest BCUT2D eigenvalue weighted by Crippen LogP contribution is -2.24. The highest BCUT2D eigenvalue weighted by atomic mass is 79.9. The largest absolute Gasteiger partial charge is 0.310 e. The smallest absolute Gasteiger partial charge is 0.141 e. The Hall–Kier alpha value is -0.970. The zero-order valence-electron chi connectivity index (χ0n) is 11.5. The molecule has 0 heterocycles. The number of likely N-dealkylation sites (N-methyl/N-ethyl adjacent to an activating group) is 1. The molecule has 2 aromatic rings. The zero-order valence-corrected chi connectivity index (χ0v) is 13.8. The maximum Gasteiger partial charge on any atom is 0.141 e. The highest BCUT2D eigenvalue weighted by Crippen LogP contribution is 2.29. The summed E-state index contributed by atoms with van der Waals surface area (Å²) in [6, 6.07) is 9.25. The average molecular weight is 375 g/mol. The molecule has 0 saturated carbocycles. The van der Waals surface area contributed by atoms with E-state index >= 15 is 0 Å². The highest BCUT2D eigenvalue weighted by Gasteiger charge is 2.18. The second-order valence-corrected chi connectivity index (χ2v) is 5.96. The van der Waals surface area contributed by atoms with Crippen molar-refractivity contribution >= 4 is 27.5 Å². The van der Waals surface area contributed by atoms with Crippen LogP contribution in [0.3, 0.4) is 0 Å². The molecular formula is C16H15BrClF2N. The Bertz CT molecular complexity index is 613. The van der Waals surface area contributed by atoms with Gasteiger partial charge in [-0.2, -0.15) is 0 Å². The highest BCUT2D eigenvalue weighted by molar-refractivity contribution is 9.10. The number of hydrogen-bond acceptors (Lipinski definition) is 1. The van der Waals surface area contributed by atoms with E-state index in [2.05, 4.69) is 21.2 Å². The fourth-order valence-corrected chi connectivity index (χ4v) is 3.09. The Balaban J connectivity index is 2.33. The summed E-state index contributed by atoms with van der Waals surface area (Å²) in [7, 11) is 0. The van der Waals surface area contributed by atoms with Crippen molar-refractivity contribution in [3.63, 3.8) is 0 Å². The van der Waals surface area contributed by atoms with Crippen LogP contribution < -0.4 is 5.32 Å². The van der Waals surface area contributed by atoms with Crippen LogP contribution in [0.1, 0.15) is 24.1 Å². The fraction of sp³-hybridized carbons (Fsp3) is 0.250. The molecule has 2 rings (SSSR count). The van der Waals surface area contributed by atoms with Crippen LogP contribution in [-0.4, -0.2) is 6.54 Å². The molecule has 0 aliphatic heterocycles. The van der Waals surface area contributed by atoms with Crippen LogP contribution in [0.5, 0.6) is 0 Å². The van der Waals surface area contributed by atoms with Gasteiger partial charge in [-0.3, -0.25) is 0 Å². The van der Waals surface area contributed by atoms with Crippen molar-refractivity contribution in [3.05, 3.63) is 68.7 Å². The standard InChI is InChI=1S/C16H15BrClF2N/c1-2-21-15(16-11(17)4-3-5-14(16)20)9-10-6-7-13(19)12(18)8-10/h3-8,15,21H,2,9H2,1H3. The van der Waals surface area contributed by atoms with E-state index in [0.29, 0.717) is 23.0 Å². The molecule has 0 saturated heterocycles. The van der Waals surface area contributed by atoms with Crippen LogP contribution in [0.25, 0.3) is 0 Å². The summed E-state index contributed by atoms with van der Waals surface area (Å²) in [6.07, 6.45) is 0.521. The van der Waals surface area contributed by atoms with Crippen molar-refractivity contribution in [2.45, 2.75) is 19.4 Å². The van der Waals surface area contributed by atoms with Crippen molar-refractivity contribution in [3.8, 4) is 0 Å². The van der Waals surface area contributed by atoms with E-state index in [-0.39, 0.29) is 16.9 Å². The van der Waals surface area contributed by atoms with Gasteiger partial charge in [0.15, 0.2) is 0 Å². The molecule has 2 aromatic carbocycles. The molecule has 0 spiro atoms. The van der Waals surface area contributed by atoms with Gasteiger partial charge in [0.1, 0.15) is 11.6 Å². The third-order valence-corrected chi connectivity index (χ3v) is 4.20. The van der Waals surface area contributed by atoms with E-state index in [1.165, 1.54) is 12.1 Å². The second-order valence-electron chi connectivity index (χ2n) is 4.70. The molecule has 1 atom stereocenters. The van der Waals surface area contributed by atoms with E-state index in [1.54, 1.807) is 24.3 Å². The van der Waals surface area contributed by atoms with Gasteiger partial charge in [-0.15, -0.1) is 0 Å². The Morgan fingerprint density at radius 1 is 1.19 bits per heavy atom. The maximum atomic E-state index is 14.1. The lowest BCUT2D eigenvalue weighted by atomic mass is 9.98. The van der Waals surface area contributed by atoms with Gasteiger partial charge in [0.05, 0.1) is 5.02 Å². The first-order chi connectivity index (χ1) is 10.0. The van der Waals surface area contributed by atoms with Crippen LogP contribution >= 0.6 is 27.5 Å². The lowest BCUT2D eigenvalue weighted by Gasteiger charge is -2.20. The molecule has 0 radical (unpaired) electrons. The molecule has 0 aliphatic carbocycles. The van der Waals surface area contributed by atoms with Gasteiger partial charge in [-0.05, 0) is 42.8 Å². The van der Waals surface area contributed by atoms with Gasteiger partial charge >= 0.3 is 0 Å². The Morgan fingerprint density at radius 2 is 1.95 bits per heavy atom. The van der Waals surface area contributed by atoms with Crippen molar-refractivity contribution in [2.24, 2.45) is 0 Å². The Labute approximate surface area is 136 Å². The zero-order chi connectivity index (χ0) is 15.4. The minimum atomic E-state index is -0.451. The predicted octanol–water partition coefficient (Wildman–Crippen LogP) is 5.27. The minimum absolute atomic E-state index is 0.0790. The van der Waals surface area contributed by atoms with Gasteiger partial charge in [0, 0.05) is 16.1 Å². The number of nitrogens with one attached hydrogen (secondary N) is 1. The molecule has 0 amide bonds. The van der Waals surface area contributed by atoms with Gasteiger partial charge in [-0.1, -0.05) is 46.6 Å². The van der Waals surface area contributed by atoms with Crippen LogP contribution in [-0.2, 0) is 6.42 Å². The Morgan fingerprint density at radius 3 is 2.57 bits per heavy atom. The van der Waals surface area contributed by atoms with Gasteiger partial charge in [0.25, 0.3) is 0 Å². The molecule has 1 nitrogen and oxygen atoms in total. The van der Waals surface area contributed by atoms with Crippen molar-refractivity contribution in [2.75, 3.05) is 6.54 Å². The molecule has 112 valence electrons. The number of benzene rings is 2. The number of hydrogen-bond donors (Lipinski definition) is 1. The van der Waals surface area contributed by atoms with Crippen molar-refractivity contribution < 1.29 is 8.78 Å². The predicted molar refractivity (Wildman–Crippen MR) is 85.6 cm³/mol. The first-order valence-corrected chi connectivity index (χ1v) is 7.81. The molecule has 5 heteroatoms. The molecule has 0 fully saturated rings. The van der Waals surface area contributed by atoms with E-state index in [1.807, 2.05) is 6.92 Å². The minimum Gasteiger partial charge on any atom is -0.310 e. The van der Waals surface area contributed by atoms with Crippen LogP contribution in [0.15, 0.2) is 40.9 Å². The number of rotatable bonds is 5. The monoisotopic (exact) mass is 373 g/mol. The first-order valence-electron chi connectivity index (χ1n) is 6.64. The van der Waals surface area contributed by atoms with Crippen LogP contribution in [0.2, 0.25) is 5.02 Å². The Kier molecular flexibility index (Phi) is 5.73. The molecule has 1 N–H and O–H groups in total. The van der Waals surface area contributed by atoms with E-state index in [0.717, 1.165) is 5.56 Å². The summed E-state index contributed by atoms with van der Waals surface area (Å²) >= 11 is 9.20. The first kappa shape index (κ1) is 16.4. The topological polar surface area (TPSA) is 12.0 Å². The summed E-state index contributed by atoms with van der Waals surface area (Å²) in [6.45, 7) is 2.65. The van der Waals surface area contributed by atoms with Gasteiger partial charge < -0.3 is 5.32 Å². The van der Waals surface area contributed by atoms with Crippen LogP contribution in [0.4, 0.5) is 8.78 Å². The number of halogens is 4. The summed E-state index contributed by atoms with van der Waals surface area (Å²) in [5.74, 6) is -0.726. The fourth-order valence-electron chi connectivity index (χ4n) is 2.27. The molecule has 0 aromatic heterocycles. The molecule has 1 unspecified atom stereocenters. The van der Waals surface area contributed by atoms with Crippen molar-refractivity contribution in [1.82, 2.24) is 5.32 Å². The van der Waals surface area contributed by atoms with Gasteiger partial charge in [-0.25, -0.2) is 8.78 Å². The quantitative estimate of drug-likeness (QED) is 0.751. The van der Waals surface area contributed by atoms with E-state index < -0.39 is 5.82 Å². The SMILES string of the molecule is CCNC(Cc1ccc(F)c(Cl)c1)c1c(F)cccc1Br.